The van der Waals surface area contributed by atoms with Crippen LogP contribution < -0.4 is 0 Å². The van der Waals surface area contributed by atoms with Crippen LogP contribution >= 0.6 is 0 Å². The number of hydrogen-bond acceptors (Lipinski definition) is 3. The average molecular weight is 247 g/mol. The molecule has 0 aromatic heterocycles. The van der Waals surface area contributed by atoms with Gasteiger partial charge in [0.2, 0.25) is 0 Å². The van der Waals surface area contributed by atoms with Crippen molar-refractivity contribution in [2.45, 2.75) is 32.3 Å². The normalized spacial score (nSPS) is 18.3. The van der Waals surface area contributed by atoms with Crippen LogP contribution in [-0.2, 0) is 9.53 Å². The standard InChI is InChI=1S/C15H21NO2/c1-13(17)18-15(14-8-4-2-5-9-14)12-16-10-6-3-7-11-16/h2,4-5,8-9,15H,3,6-7,10-12H2,1H3/t15-/m1/s1. The second-order valence-electron chi connectivity index (χ2n) is 4.87. The fraction of sp³-hybridized carbons (Fsp3) is 0.533. The van der Waals surface area contributed by atoms with Gasteiger partial charge in [-0.25, -0.2) is 0 Å². The summed E-state index contributed by atoms with van der Waals surface area (Å²) in [4.78, 5) is 13.6. The van der Waals surface area contributed by atoms with Gasteiger partial charge in [0.15, 0.2) is 0 Å². The third kappa shape index (κ3) is 3.84. The van der Waals surface area contributed by atoms with Gasteiger partial charge in [-0.1, -0.05) is 36.8 Å². The van der Waals surface area contributed by atoms with E-state index in [4.69, 9.17) is 4.74 Å². The lowest BCUT2D eigenvalue weighted by Gasteiger charge is -2.30. The first-order valence-corrected chi connectivity index (χ1v) is 6.70. The zero-order valence-electron chi connectivity index (χ0n) is 11.0. The zero-order valence-corrected chi connectivity index (χ0v) is 11.0. The number of carbonyl (C=O) groups is 1. The Morgan fingerprint density at radius 3 is 2.50 bits per heavy atom. The summed E-state index contributed by atoms with van der Waals surface area (Å²) in [6.45, 7) is 4.52. The Morgan fingerprint density at radius 2 is 1.89 bits per heavy atom. The quantitative estimate of drug-likeness (QED) is 0.766. The van der Waals surface area contributed by atoms with Crippen LogP contribution in [0.15, 0.2) is 30.3 Å². The molecular formula is C15H21NO2. The van der Waals surface area contributed by atoms with Crippen LogP contribution in [0.1, 0.15) is 37.9 Å². The molecule has 1 saturated heterocycles. The first-order chi connectivity index (χ1) is 8.75. The first kappa shape index (κ1) is 13.1. The molecule has 0 amide bonds. The van der Waals surface area contributed by atoms with Crippen LogP contribution in [0.25, 0.3) is 0 Å². The van der Waals surface area contributed by atoms with Crippen molar-refractivity contribution < 1.29 is 9.53 Å². The highest BCUT2D eigenvalue weighted by Crippen LogP contribution is 2.21. The van der Waals surface area contributed by atoms with Gasteiger partial charge in [0.05, 0.1) is 0 Å². The van der Waals surface area contributed by atoms with E-state index in [0.717, 1.165) is 25.2 Å². The van der Waals surface area contributed by atoms with Crippen LogP contribution in [0, 0.1) is 0 Å². The maximum atomic E-state index is 11.2. The van der Waals surface area contributed by atoms with Crippen molar-refractivity contribution in [2.75, 3.05) is 19.6 Å². The molecule has 0 saturated carbocycles. The van der Waals surface area contributed by atoms with E-state index in [1.54, 1.807) is 0 Å². The lowest BCUT2D eigenvalue weighted by Crippen LogP contribution is -2.34. The molecule has 1 aliphatic heterocycles. The highest BCUT2D eigenvalue weighted by Gasteiger charge is 2.20. The molecule has 3 nitrogen and oxygen atoms in total. The Hall–Kier alpha value is -1.35. The van der Waals surface area contributed by atoms with Gasteiger partial charge >= 0.3 is 5.97 Å². The molecule has 1 aliphatic rings. The van der Waals surface area contributed by atoms with Crippen LogP contribution in [0.5, 0.6) is 0 Å². The summed E-state index contributed by atoms with van der Waals surface area (Å²) in [7, 11) is 0. The molecule has 0 aliphatic carbocycles. The molecule has 0 radical (unpaired) electrons. The summed E-state index contributed by atoms with van der Waals surface area (Å²) < 4.78 is 5.46. The molecule has 1 aromatic carbocycles. The van der Waals surface area contributed by atoms with Crippen molar-refractivity contribution in [3.63, 3.8) is 0 Å². The van der Waals surface area contributed by atoms with E-state index < -0.39 is 0 Å². The summed E-state index contributed by atoms with van der Waals surface area (Å²) in [6, 6.07) is 10.0. The van der Waals surface area contributed by atoms with Crippen LogP contribution in [-0.4, -0.2) is 30.5 Å². The smallest absolute Gasteiger partial charge is 0.303 e. The van der Waals surface area contributed by atoms with Crippen molar-refractivity contribution in [1.29, 1.82) is 0 Å². The number of ether oxygens (including phenoxy) is 1. The van der Waals surface area contributed by atoms with Crippen LogP contribution in [0.4, 0.5) is 0 Å². The van der Waals surface area contributed by atoms with Gasteiger partial charge < -0.3 is 4.74 Å². The van der Waals surface area contributed by atoms with Crippen LogP contribution in [0.2, 0.25) is 0 Å². The van der Waals surface area contributed by atoms with Crippen molar-refractivity contribution in [2.24, 2.45) is 0 Å². The third-order valence-corrected chi connectivity index (χ3v) is 3.35. The number of likely N-dealkylation sites (tertiary alicyclic amines) is 1. The van der Waals surface area contributed by atoms with Crippen molar-refractivity contribution >= 4 is 5.97 Å². The van der Waals surface area contributed by atoms with E-state index in [-0.39, 0.29) is 12.1 Å². The summed E-state index contributed by atoms with van der Waals surface area (Å²) in [5.41, 5.74) is 1.08. The van der Waals surface area contributed by atoms with Crippen LogP contribution in [0.3, 0.4) is 0 Å². The predicted octanol–water partition coefficient (Wildman–Crippen LogP) is 2.78. The highest BCUT2D eigenvalue weighted by atomic mass is 16.5. The fourth-order valence-corrected chi connectivity index (χ4v) is 2.46. The topological polar surface area (TPSA) is 29.5 Å². The van der Waals surface area contributed by atoms with E-state index in [9.17, 15) is 4.79 Å². The van der Waals surface area contributed by atoms with Gasteiger partial charge in [-0.05, 0) is 31.5 Å². The Balaban J connectivity index is 2.02. The van der Waals surface area contributed by atoms with Gasteiger partial charge in [0.1, 0.15) is 6.10 Å². The Morgan fingerprint density at radius 1 is 1.22 bits per heavy atom. The predicted molar refractivity (Wildman–Crippen MR) is 71.2 cm³/mol. The van der Waals surface area contributed by atoms with Gasteiger partial charge in [0, 0.05) is 13.5 Å². The Kier molecular flexibility index (Phi) is 4.76. The maximum absolute atomic E-state index is 11.2. The Labute approximate surface area is 109 Å². The number of hydrogen-bond donors (Lipinski definition) is 0. The molecule has 3 heteroatoms. The minimum absolute atomic E-state index is 0.137. The average Bonchev–Trinajstić information content (AvgIpc) is 2.40. The monoisotopic (exact) mass is 247 g/mol. The van der Waals surface area contributed by atoms with E-state index in [1.165, 1.54) is 26.2 Å². The van der Waals surface area contributed by atoms with Gasteiger partial charge in [0.25, 0.3) is 0 Å². The van der Waals surface area contributed by atoms with E-state index >= 15 is 0 Å². The minimum atomic E-state index is -0.208. The SMILES string of the molecule is CC(=O)O[C@H](CN1CCCCC1)c1ccccc1. The first-order valence-electron chi connectivity index (χ1n) is 6.70. The van der Waals surface area contributed by atoms with E-state index in [2.05, 4.69) is 4.90 Å². The number of rotatable bonds is 4. The van der Waals surface area contributed by atoms with Gasteiger partial charge in [-0.2, -0.15) is 0 Å². The molecule has 1 fully saturated rings. The van der Waals surface area contributed by atoms with E-state index in [0.29, 0.717) is 0 Å². The molecule has 1 aromatic rings. The van der Waals surface area contributed by atoms with Crippen molar-refractivity contribution in [3.8, 4) is 0 Å². The molecule has 0 unspecified atom stereocenters. The molecule has 1 heterocycles. The van der Waals surface area contributed by atoms with Gasteiger partial charge in [-0.3, -0.25) is 9.69 Å². The Bertz CT molecular complexity index is 371. The number of esters is 1. The molecule has 0 spiro atoms. The largest absolute Gasteiger partial charge is 0.456 e. The minimum Gasteiger partial charge on any atom is -0.456 e. The van der Waals surface area contributed by atoms with Gasteiger partial charge in [-0.15, -0.1) is 0 Å². The molecule has 98 valence electrons. The summed E-state index contributed by atoms with van der Waals surface area (Å²) in [6.07, 6.45) is 3.69. The molecule has 1 atom stereocenters. The second kappa shape index (κ2) is 6.55. The third-order valence-electron chi connectivity index (χ3n) is 3.35. The molecule has 0 bridgehead atoms. The number of carbonyl (C=O) groups excluding carboxylic acids is 1. The molecular weight excluding hydrogens is 226 g/mol. The number of benzene rings is 1. The number of nitrogens with zero attached hydrogens (tertiary/aromatic N) is 1. The summed E-state index contributed by atoms with van der Waals surface area (Å²) in [5.74, 6) is -0.208. The van der Waals surface area contributed by atoms with E-state index in [1.807, 2.05) is 30.3 Å². The maximum Gasteiger partial charge on any atom is 0.303 e. The second-order valence-corrected chi connectivity index (χ2v) is 4.87. The molecule has 2 rings (SSSR count). The fourth-order valence-electron chi connectivity index (χ4n) is 2.46. The summed E-state index contributed by atoms with van der Waals surface area (Å²) in [5, 5.41) is 0. The molecule has 0 N–H and O–H groups in total. The lowest BCUT2D eigenvalue weighted by molar-refractivity contribution is -0.147. The number of piperidine rings is 1. The van der Waals surface area contributed by atoms with Crippen molar-refractivity contribution in [1.82, 2.24) is 4.90 Å². The molecule has 18 heavy (non-hydrogen) atoms. The van der Waals surface area contributed by atoms with Crippen molar-refractivity contribution in [3.05, 3.63) is 35.9 Å². The lowest BCUT2D eigenvalue weighted by atomic mass is 10.1. The highest BCUT2D eigenvalue weighted by molar-refractivity contribution is 5.66. The summed E-state index contributed by atoms with van der Waals surface area (Å²) >= 11 is 0. The zero-order chi connectivity index (χ0) is 12.8.